The Hall–Kier alpha value is -0.560. The van der Waals surface area contributed by atoms with Gasteiger partial charge in [0.15, 0.2) is 5.79 Å². The Balaban J connectivity index is 2.15. The molecule has 1 saturated carbocycles. The molecule has 4 unspecified atom stereocenters. The fourth-order valence-electron chi connectivity index (χ4n) is 2.48. The minimum Gasteiger partial charge on any atom is -0.372 e. The van der Waals surface area contributed by atoms with Crippen molar-refractivity contribution in [2.45, 2.75) is 31.2 Å². The molecular weight excluding hydrogens is 180 g/mol. The van der Waals surface area contributed by atoms with Gasteiger partial charge in [0.1, 0.15) is 5.60 Å². The van der Waals surface area contributed by atoms with Crippen LogP contribution in [-0.4, -0.2) is 30.2 Å². The van der Waals surface area contributed by atoms with Gasteiger partial charge in [0, 0.05) is 19.4 Å². The molecule has 2 aliphatic rings. The number of aliphatic hydroxyl groups is 1. The van der Waals surface area contributed by atoms with Crippen LogP contribution in [0.15, 0.2) is 0 Å². The van der Waals surface area contributed by atoms with Crippen LogP contribution in [0.2, 0.25) is 0 Å². The molecule has 14 heavy (non-hydrogen) atoms. The minimum absolute atomic E-state index is 0.0137. The highest BCUT2D eigenvalue weighted by atomic mass is 16.7. The molecule has 1 aliphatic heterocycles. The number of terminal acetylenes is 1. The second kappa shape index (κ2) is 2.96. The number of methoxy groups -OCH3 is 1. The number of ether oxygens (including phenoxy) is 2. The van der Waals surface area contributed by atoms with E-state index in [1.54, 1.807) is 7.11 Å². The Morgan fingerprint density at radius 3 is 2.57 bits per heavy atom. The molecule has 1 aliphatic carbocycles. The van der Waals surface area contributed by atoms with Crippen LogP contribution < -0.4 is 0 Å². The van der Waals surface area contributed by atoms with Gasteiger partial charge in [-0.2, -0.15) is 0 Å². The van der Waals surface area contributed by atoms with Crippen molar-refractivity contribution in [1.82, 2.24) is 0 Å². The van der Waals surface area contributed by atoms with Gasteiger partial charge in [0.2, 0.25) is 0 Å². The molecule has 4 atom stereocenters. The zero-order valence-electron chi connectivity index (χ0n) is 8.62. The first-order valence-corrected chi connectivity index (χ1v) is 4.95. The highest BCUT2D eigenvalue weighted by Gasteiger charge is 2.68. The molecule has 3 nitrogen and oxygen atoms in total. The van der Waals surface area contributed by atoms with Crippen LogP contribution in [-0.2, 0) is 9.47 Å². The maximum atomic E-state index is 10.3. The van der Waals surface area contributed by atoms with Gasteiger partial charge in [-0.25, -0.2) is 0 Å². The summed E-state index contributed by atoms with van der Waals surface area (Å²) in [5, 5.41) is 10.3. The first-order chi connectivity index (χ1) is 6.58. The van der Waals surface area contributed by atoms with E-state index in [0.717, 1.165) is 6.42 Å². The van der Waals surface area contributed by atoms with Crippen molar-refractivity contribution >= 4 is 0 Å². The summed E-state index contributed by atoms with van der Waals surface area (Å²) in [6.07, 6.45) is 6.65. The third-order valence-corrected chi connectivity index (χ3v) is 3.55. The normalized spacial score (nSPS) is 51.6. The summed E-state index contributed by atoms with van der Waals surface area (Å²) in [5.41, 5.74) is -0.515. The monoisotopic (exact) mass is 196 g/mol. The maximum absolute atomic E-state index is 10.3. The number of hydrogen-bond acceptors (Lipinski definition) is 3. The van der Waals surface area contributed by atoms with Crippen molar-refractivity contribution in [3.63, 3.8) is 0 Å². The Bertz CT molecular complexity index is 279. The molecule has 0 bridgehead atoms. The van der Waals surface area contributed by atoms with E-state index in [1.807, 2.05) is 6.92 Å². The van der Waals surface area contributed by atoms with Crippen molar-refractivity contribution in [1.29, 1.82) is 0 Å². The van der Waals surface area contributed by atoms with E-state index >= 15 is 0 Å². The third kappa shape index (κ3) is 1.12. The van der Waals surface area contributed by atoms with E-state index in [1.165, 1.54) is 0 Å². The van der Waals surface area contributed by atoms with Crippen molar-refractivity contribution in [3.05, 3.63) is 0 Å². The fourth-order valence-corrected chi connectivity index (χ4v) is 2.48. The molecular formula is C11H16O3. The Morgan fingerprint density at radius 1 is 1.57 bits per heavy atom. The molecule has 1 N–H and O–H groups in total. The van der Waals surface area contributed by atoms with E-state index in [9.17, 15) is 5.11 Å². The van der Waals surface area contributed by atoms with Crippen molar-refractivity contribution < 1.29 is 14.6 Å². The Morgan fingerprint density at radius 2 is 2.21 bits per heavy atom. The van der Waals surface area contributed by atoms with E-state index < -0.39 is 11.4 Å². The summed E-state index contributed by atoms with van der Waals surface area (Å²) in [5.74, 6) is 1.80. The molecule has 1 saturated heterocycles. The first kappa shape index (κ1) is 9.97. The molecule has 0 aromatic carbocycles. The lowest BCUT2D eigenvalue weighted by atomic mass is 9.97. The lowest BCUT2D eigenvalue weighted by Crippen LogP contribution is -2.46. The standard InChI is InChI=1S/C11H16O3/c1-4-9-6-11(12,14-7-9)10(13-3)5-8(10)2/h1,8-9,12H,5-7H2,2-3H3. The van der Waals surface area contributed by atoms with Gasteiger partial charge in [-0.3, -0.25) is 0 Å². The summed E-state index contributed by atoms with van der Waals surface area (Å²) in [6.45, 7) is 2.48. The first-order valence-electron chi connectivity index (χ1n) is 4.95. The highest BCUT2D eigenvalue weighted by molar-refractivity contribution is 5.16. The van der Waals surface area contributed by atoms with Crippen molar-refractivity contribution in [2.24, 2.45) is 11.8 Å². The lowest BCUT2D eigenvalue weighted by Gasteiger charge is -2.31. The molecule has 0 amide bonds. The van der Waals surface area contributed by atoms with Crippen LogP contribution in [0.3, 0.4) is 0 Å². The molecule has 3 heteroatoms. The molecule has 2 fully saturated rings. The number of hydrogen-bond donors (Lipinski definition) is 1. The van der Waals surface area contributed by atoms with Gasteiger partial charge < -0.3 is 14.6 Å². The topological polar surface area (TPSA) is 38.7 Å². The van der Waals surface area contributed by atoms with Crippen LogP contribution >= 0.6 is 0 Å². The average Bonchev–Trinajstić information content (AvgIpc) is 2.69. The zero-order chi connectivity index (χ0) is 10.4. The predicted molar refractivity (Wildman–Crippen MR) is 51.4 cm³/mol. The molecule has 1 heterocycles. The van der Waals surface area contributed by atoms with Crippen LogP contribution in [0.1, 0.15) is 19.8 Å². The van der Waals surface area contributed by atoms with Crippen LogP contribution in [0.5, 0.6) is 0 Å². The predicted octanol–water partition coefficient (Wildman–Crippen LogP) is 0.770. The van der Waals surface area contributed by atoms with Gasteiger partial charge in [0.25, 0.3) is 0 Å². The van der Waals surface area contributed by atoms with Gasteiger partial charge in [-0.15, -0.1) is 12.3 Å². The summed E-state index contributed by atoms with van der Waals surface area (Å²) >= 11 is 0. The Kier molecular flexibility index (Phi) is 2.11. The van der Waals surface area contributed by atoms with Crippen molar-refractivity contribution in [2.75, 3.05) is 13.7 Å². The SMILES string of the molecule is C#CC1COC(O)(C2(OC)CC2C)C1. The third-order valence-electron chi connectivity index (χ3n) is 3.55. The van der Waals surface area contributed by atoms with Crippen LogP contribution in [0.25, 0.3) is 0 Å². The van der Waals surface area contributed by atoms with Crippen LogP contribution in [0, 0.1) is 24.2 Å². The summed E-state index contributed by atoms with van der Waals surface area (Å²) in [7, 11) is 1.62. The number of rotatable bonds is 2. The smallest absolute Gasteiger partial charge is 0.196 e. The van der Waals surface area contributed by atoms with Gasteiger partial charge >= 0.3 is 0 Å². The van der Waals surface area contributed by atoms with E-state index in [4.69, 9.17) is 15.9 Å². The average molecular weight is 196 g/mol. The second-order valence-corrected chi connectivity index (χ2v) is 4.36. The fraction of sp³-hybridized carbons (Fsp3) is 0.818. The highest BCUT2D eigenvalue weighted by Crippen LogP contribution is 2.57. The lowest BCUT2D eigenvalue weighted by molar-refractivity contribution is -0.254. The quantitative estimate of drug-likeness (QED) is 0.663. The summed E-state index contributed by atoms with van der Waals surface area (Å²) < 4.78 is 10.8. The van der Waals surface area contributed by atoms with Gasteiger partial charge in [0.05, 0.1) is 6.61 Å². The molecule has 0 aromatic rings. The minimum atomic E-state index is -1.17. The second-order valence-electron chi connectivity index (χ2n) is 4.36. The summed E-state index contributed by atoms with van der Waals surface area (Å²) in [6, 6.07) is 0. The Labute approximate surface area is 84.4 Å². The van der Waals surface area contributed by atoms with E-state index in [0.29, 0.717) is 18.9 Å². The molecule has 0 aromatic heterocycles. The largest absolute Gasteiger partial charge is 0.372 e. The van der Waals surface area contributed by atoms with Gasteiger partial charge in [-0.1, -0.05) is 6.92 Å². The maximum Gasteiger partial charge on any atom is 0.196 e. The van der Waals surface area contributed by atoms with Crippen molar-refractivity contribution in [3.8, 4) is 12.3 Å². The van der Waals surface area contributed by atoms with Gasteiger partial charge in [-0.05, 0) is 12.3 Å². The summed E-state index contributed by atoms with van der Waals surface area (Å²) in [4.78, 5) is 0. The molecule has 78 valence electrons. The molecule has 0 radical (unpaired) electrons. The van der Waals surface area contributed by atoms with Crippen LogP contribution in [0.4, 0.5) is 0 Å². The van der Waals surface area contributed by atoms with E-state index in [-0.39, 0.29) is 5.92 Å². The zero-order valence-corrected chi connectivity index (χ0v) is 8.62. The molecule has 2 rings (SSSR count). The molecule has 0 spiro atoms. The van der Waals surface area contributed by atoms with E-state index in [2.05, 4.69) is 5.92 Å².